The van der Waals surface area contributed by atoms with E-state index >= 15 is 0 Å². The number of aromatic hydroxyl groups is 1. The Bertz CT molecular complexity index is 1040. The predicted molar refractivity (Wildman–Crippen MR) is 129 cm³/mol. The molecule has 1 aliphatic heterocycles. The summed E-state index contributed by atoms with van der Waals surface area (Å²) in [4.78, 5) is 28.9. The highest BCUT2D eigenvalue weighted by molar-refractivity contribution is 7.12. The zero-order valence-corrected chi connectivity index (χ0v) is 18.6. The molecule has 7 heteroatoms. The third-order valence-corrected chi connectivity index (χ3v) is 6.47. The lowest BCUT2D eigenvalue weighted by Gasteiger charge is -2.31. The van der Waals surface area contributed by atoms with Gasteiger partial charge in [-0.3, -0.25) is 9.59 Å². The Kier molecular flexibility index (Phi) is 7.07. The molecule has 0 radical (unpaired) electrons. The predicted octanol–water partition coefficient (Wildman–Crippen LogP) is 4.42. The summed E-state index contributed by atoms with van der Waals surface area (Å²) < 4.78 is 0. The Labute approximate surface area is 191 Å². The first-order chi connectivity index (χ1) is 15.6. The molecule has 1 aromatic heterocycles. The van der Waals surface area contributed by atoms with E-state index in [4.69, 9.17) is 0 Å². The summed E-state index contributed by atoms with van der Waals surface area (Å²) >= 11 is 1.33. The molecule has 0 saturated carbocycles. The lowest BCUT2D eigenvalue weighted by atomic mass is 10.0. The van der Waals surface area contributed by atoms with Crippen molar-refractivity contribution in [1.82, 2.24) is 5.32 Å². The van der Waals surface area contributed by atoms with Crippen LogP contribution in [0.3, 0.4) is 0 Å². The highest BCUT2D eigenvalue weighted by Gasteiger charge is 2.24. The molecule has 1 unspecified atom stereocenters. The van der Waals surface area contributed by atoms with Crippen LogP contribution in [0.1, 0.15) is 34.5 Å². The molecular weight excluding hydrogens is 422 g/mol. The molecule has 0 aliphatic carbocycles. The Hall–Kier alpha value is -3.32. The summed E-state index contributed by atoms with van der Waals surface area (Å²) in [5, 5.41) is 17.3. The topological polar surface area (TPSA) is 81.7 Å². The van der Waals surface area contributed by atoms with Crippen molar-refractivity contribution in [3.8, 4) is 5.75 Å². The highest BCUT2D eigenvalue weighted by Crippen LogP contribution is 2.28. The second-order valence-corrected chi connectivity index (χ2v) is 8.88. The zero-order chi connectivity index (χ0) is 22.3. The molecule has 166 valence electrons. The van der Waals surface area contributed by atoms with Crippen LogP contribution in [0, 0.1) is 0 Å². The second-order valence-electron chi connectivity index (χ2n) is 7.93. The normalized spacial score (nSPS) is 14.6. The molecule has 4 rings (SSSR count). The second kappa shape index (κ2) is 10.3. The van der Waals surface area contributed by atoms with Crippen LogP contribution in [0.2, 0.25) is 0 Å². The summed E-state index contributed by atoms with van der Waals surface area (Å²) in [5.74, 6) is -0.386. The largest absolute Gasteiger partial charge is 0.508 e. The summed E-state index contributed by atoms with van der Waals surface area (Å²) in [7, 11) is 0. The van der Waals surface area contributed by atoms with Crippen LogP contribution in [0.4, 0.5) is 11.4 Å². The van der Waals surface area contributed by atoms with Gasteiger partial charge in [-0.2, -0.15) is 0 Å². The van der Waals surface area contributed by atoms with Crippen LogP contribution in [-0.4, -0.2) is 36.1 Å². The zero-order valence-electron chi connectivity index (χ0n) is 17.8. The summed E-state index contributed by atoms with van der Waals surface area (Å²) in [6, 6.07) is 17.3. The van der Waals surface area contributed by atoms with Crippen molar-refractivity contribution in [1.29, 1.82) is 0 Å². The van der Waals surface area contributed by atoms with Crippen LogP contribution in [0.25, 0.3) is 0 Å². The number of amides is 2. The van der Waals surface area contributed by atoms with E-state index < -0.39 is 6.04 Å². The fourth-order valence-electron chi connectivity index (χ4n) is 3.92. The van der Waals surface area contributed by atoms with Gasteiger partial charge >= 0.3 is 0 Å². The molecule has 2 aromatic carbocycles. The molecule has 0 spiro atoms. The first kappa shape index (κ1) is 21.9. The van der Waals surface area contributed by atoms with E-state index in [0.717, 1.165) is 42.9 Å². The summed E-state index contributed by atoms with van der Waals surface area (Å²) in [6.07, 6.45) is 3.83. The average Bonchev–Trinajstić information content (AvgIpc) is 3.36. The lowest BCUT2D eigenvalue weighted by molar-refractivity contribution is -0.118. The van der Waals surface area contributed by atoms with E-state index in [0.29, 0.717) is 11.3 Å². The van der Waals surface area contributed by atoms with Gasteiger partial charge in [-0.05, 0) is 60.5 Å². The van der Waals surface area contributed by atoms with E-state index in [-0.39, 0.29) is 17.6 Å². The summed E-state index contributed by atoms with van der Waals surface area (Å²) in [6.45, 7) is 1.94. The number of benzene rings is 2. The molecule has 3 aromatic rings. The number of phenolic OH excluding ortho intramolecular Hbond substituents is 1. The number of carbonyl (C=O) groups excluding carboxylic acids is 2. The van der Waals surface area contributed by atoms with E-state index in [1.807, 2.05) is 35.7 Å². The maximum atomic E-state index is 13.3. The summed E-state index contributed by atoms with van der Waals surface area (Å²) in [5.41, 5.74) is 2.60. The van der Waals surface area contributed by atoms with Crippen molar-refractivity contribution >= 4 is 34.5 Å². The van der Waals surface area contributed by atoms with Crippen molar-refractivity contribution in [3.05, 3.63) is 76.5 Å². The average molecular weight is 450 g/mol. The fraction of sp³-hybridized carbons (Fsp3) is 0.280. The number of hydrogen-bond acceptors (Lipinski definition) is 5. The number of anilines is 2. The maximum Gasteiger partial charge on any atom is 0.262 e. The van der Waals surface area contributed by atoms with Gasteiger partial charge in [0.1, 0.15) is 11.8 Å². The lowest BCUT2D eigenvalue weighted by Crippen LogP contribution is -2.45. The number of hydrogen-bond donors (Lipinski definition) is 3. The van der Waals surface area contributed by atoms with Gasteiger partial charge in [0.25, 0.3) is 5.91 Å². The smallest absolute Gasteiger partial charge is 0.262 e. The molecule has 1 fully saturated rings. The molecule has 2 heterocycles. The van der Waals surface area contributed by atoms with Gasteiger partial charge in [-0.15, -0.1) is 11.3 Å². The Morgan fingerprint density at radius 1 is 0.969 bits per heavy atom. The van der Waals surface area contributed by atoms with Crippen molar-refractivity contribution < 1.29 is 14.7 Å². The molecule has 3 N–H and O–H groups in total. The van der Waals surface area contributed by atoms with E-state index in [2.05, 4.69) is 15.5 Å². The number of nitrogens with zero attached hydrogens (tertiary/aromatic N) is 1. The first-order valence-electron chi connectivity index (χ1n) is 10.9. The number of carbonyl (C=O) groups is 2. The SMILES string of the molecule is O=C(NC(Cc1ccc(O)cc1)C(=O)Nc1ccccc1N1CCCCC1)c1cccs1. The number of nitrogens with one attached hydrogen (secondary N) is 2. The highest BCUT2D eigenvalue weighted by atomic mass is 32.1. The number of rotatable bonds is 7. The monoisotopic (exact) mass is 449 g/mol. The van der Waals surface area contributed by atoms with Crippen LogP contribution >= 0.6 is 11.3 Å². The Morgan fingerprint density at radius 2 is 1.72 bits per heavy atom. The molecule has 6 nitrogen and oxygen atoms in total. The number of phenols is 1. The fourth-order valence-corrected chi connectivity index (χ4v) is 4.55. The quantitative estimate of drug-likeness (QED) is 0.499. The van der Waals surface area contributed by atoms with Crippen LogP contribution in [0.5, 0.6) is 5.75 Å². The van der Waals surface area contributed by atoms with Gasteiger partial charge in [0, 0.05) is 19.5 Å². The number of para-hydroxylation sites is 2. The Morgan fingerprint density at radius 3 is 2.44 bits per heavy atom. The van der Waals surface area contributed by atoms with Crippen molar-refractivity contribution in [2.45, 2.75) is 31.7 Å². The van der Waals surface area contributed by atoms with E-state index in [9.17, 15) is 14.7 Å². The van der Waals surface area contributed by atoms with E-state index in [1.54, 1.807) is 30.3 Å². The van der Waals surface area contributed by atoms with Gasteiger partial charge in [-0.1, -0.05) is 30.3 Å². The Balaban J connectivity index is 1.54. The van der Waals surface area contributed by atoms with Gasteiger partial charge in [-0.25, -0.2) is 0 Å². The number of piperidine rings is 1. The van der Waals surface area contributed by atoms with Gasteiger partial charge < -0.3 is 20.6 Å². The van der Waals surface area contributed by atoms with Crippen LogP contribution in [0.15, 0.2) is 66.0 Å². The molecule has 1 atom stereocenters. The molecule has 2 amide bonds. The molecule has 1 saturated heterocycles. The van der Waals surface area contributed by atoms with Gasteiger partial charge in [0.15, 0.2) is 0 Å². The van der Waals surface area contributed by atoms with Gasteiger partial charge in [0.2, 0.25) is 5.91 Å². The van der Waals surface area contributed by atoms with E-state index in [1.165, 1.54) is 17.8 Å². The van der Waals surface area contributed by atoms with Crippen molar-refractivity contribution in [2.24, 2.45) is 0 Å². The molecule has 1 aliphatic rings. The first-order valence-corrected chi connectivity index (χ1v) is 11.8. The van der Waals surface area contributed by atoms with Gasteiger partial charge in [0.05, 0.1) is 16.3 Å². The third kappa shape index (κ3) is 5.48. The minimum Gasteiger partial charge on any atom is -0.508 e. The molecule has 0 bridgehead atoms. The van der Waals surface area contributed by atoms with Crippen LogP contribution in [-0.2, 0) is 11.2 Å². The van der Waals surface area contributed by atoms with Crippen molar-refractivity contribution in [2.75, 3.05) is 23.3 Å². The third-order valence-electron chi connectivity index (χ3n) is 5.60. The minimum atomic E-state index is -0.761. The molecule has 32 heavy (non-hydrogen) atoms. The number of thiophene rings is 1. The van der Waals surface area contributed by atoms with Crippen molar-refractivity contribution in [3.63, 3.8) is 0 Å². The minimum absolute atomic E-state index is 0.160. The maximum absolute atomic E-state index is 13.3. The standard InChI is InChI=1S/C25H27N3O3S/c29-19-12-10-18(11-13-19)17-21(27-25(31)23-9-6-16-32-23)24(30)26-20-7-2-3-8-22(20)28-14-4-1-5-15-28/h2-3,6-13,16,21,29H,1,4-5,14-15,17H2,(H,26,30)(H,27,31). The molecular formula is C25H27N3O3S. The van der Waals surface area contributed by atoms with Crippen LogP contribution < -0.4 is 15.5 Å².